The maximum absolute atomic E-state index is 12.6. The van der Waals surface area contributed by atoms with Crippen LogP contribution < -0.4 is 9.62 Å². The summed E-state index contributed by atoms with van der Waals surface area (Å²) in [5.41, 5.74) is 0.0123. The van der Waals surface area contributed by atoms with Crippen LogP contribution >= 0.6 is 23.2 Å². The first-order chi connectivity index (χ1) is 13.3. The molecule has 150 valence electrons. The molecule has 3 rings (SSSR count). The summed E-state index contributed by atoms with van der Waals surface area (Å²) in [5, 5.41) is 9.93. The van der Waals surface area contributed by atoms with Gasteiger partial charge in [0.25, 0.3) is 10.0 Å². The molecule has 0 unspecified atom stereocenters. The lowest BCUT2D eigenvalue weighted by Crippen LogP contribution is -2.27. The van der Waals surface area contributed by atoms with Gasteiger partial charge in [0.15, 0.2) is 0 Å². The Morgan fingerprint density at radius 2 is 1.75 bits per heavy atom. The Labute approximate surface area is 173 Å². The van der Waals surface area contributed by atoms with Crippen molar-refractivity contribution in [3.8, 4) is 0 Å². The highest BCUT2D eigenvalue weighted by Gasteiger charge is 2.22. The molecule has 1 aromatic heterocycles. The number of aromatic carboxylic acids is 1. The Balaban J connectivity index is 1.91. The molecule has 0 atom stereocenters. The first-order valence-electron chi connectivity index (χ1n) is 8.74. The van der Waals surface area contributed by atoms with Gasteiger partial charge in [-0.1, -0.05) is 36.0 Å². The number of halogens is 2. The van der Waals surface area contributed by atoms with E-state index in [4.69, 9.17) is 23.2 Å². The zero-order valence-corrected chi connectivity index (χ0v) is 17.2. The van der Waals surface area contributed by atoms with Crippen LogP contribution in [0.2, 0.25) is 10.0 Å². The van der Waals surface area contributed by atoms with Crippen molar-refractivity contribution in [2.45, 2.75) is 30.6 Å². The van der Waals surface area contributed by atoms with Crippen molar-refractivity contribution in [1.29, 1.82) is 0 Å². The zero-order valence-electron chi connectivity index (χ0n) is 14.9. The van der Waals surface area contributed by atoms with E-state index < -0.39 is 16.0 Å². The lowest BCUT2D eigenvalue weighted by molar-refractivity contribution is 0.0697. The van der Waals surface area contributed by atoms with Gasteiger partial charge in [-0.25, -0.2) is 18.2 Å². The van der Waals surface area contributed by atoms with Gasteiger partial charge in [-0.05, 0) is 37.1 Å². The molecule has 2 heterocycles. The van der Waals surface area contributed by atoms with Crippen molar-refractivity contribution in [3.63, 3.8) is 0 Å². The molecule has 1 fully saturated rings. The highest BCUT2D eigenvalue weighted by molar-refractivity contribution is 7.92. The SMILES string of the molecule is O=C(O)c1cc(NS(=O)(=O)c2ccc(Cl)c(Cl)c2)cnc1N1CCCCCC1. The Morgan fingerprint density at radius 1 is 1.07 bits per heavy atom. The van der Waals surface area contributed by atoms with Gasteiger partial charge < -0.3 is 10.0 Å². The van der Waals surface area contributed by atoms with E-state index in [1.807, 2.05) is 4.90 Å². The van der Waals surface area contributed by atoms with E-state index in [0.29, 0.717) is 5.82 Å². The maximum atomic E-state index is 12.6. The summed E-state index contributed by atoms with van der Waals surface area (Å²) in [7, 11) is -3.98. The van der Waals surface area contributed by atoms with Crippen molar-refractivity contribution >= 4 is 50.7 Å². The molecule has 0 bridgehead atoms. The highest BCUT2D eigenvalue weighted by atomic mass is 35.5. The van der Waals surface area contributed by atoms with Gasteiger partial charge >= 0.3 is 5.97 Å². The normalized spacial score (nSPS) is 15.1. The minimum atomic E-state index is -3.98. The predicted octanol–water partition coefficient (Wildman–Crippen LogP) is 4.27. The van der Waals surface area contributed by atoms with Gasteiger partial charge in [0.2, 0.25) is 0 Å². The predicted molar refractivity (Wildman–Crippen MR) is 109 cm³/mol. The third-order valence-corrected chi connectivity index (χ3v) is 6.57. The second-order valence-corrected chi connectivity index (χ2v) is 8.98. The van der Waals surface area contributed by atoms with Crippen molar-refractivity contribution in [3.05, 3.63) is 46.1 Å². The van der Waals surface area contributed by atoms with E-state index >= 15 is 0 Å². The number of nitrogens with one attached hydrogen (secondary N) is 1. The molecule has 1 saturated heterocycles. The second kappa shape index (κ2) is 8.55. The number of carboxylic acid groups (broad SMARTS) is 1. The number of rotatable bonds is 5. The van der Waals surface area contributed by atoms with Gasteiger partial charge in [-0.3, -0.25) is 4.72 Å². The lowest BCUT2D eigenvalue weighted by atomic mass is 10.2. The van der Waals surface area contributed by atoms with E-state index in [2.05, 4.69) is 9.71 Å². The van der Waals surface area contributed by atoms with E-state index in [1.54, 1.807) is 0 Å². The average Bonchev–Trinajstić information content (AvgIpc) is 2.93. The molecule has 10 heteroatoms. The number of benzene rings is 1. The van der Waals surface area contributed by atoms with Gasteiger partial charge in [-0.2, -0.15) is 0 Å². The first-order valence-corrected chi connectivity index (χ1v) is 11.0. The van der Waals surface area contributed by atoms with E-state index in [1.165, 1.54) is 30.5 Å². The molecule has 7 nitrogen and oxygen atoms in total. The van der Waals surface area contributed by atoms with E-state index in [-0.39, 0.29) is 26.2 Å². The van der Waals surface area contributed by atoms with E-state index in [0.717, 1.165) is 38.8 Å². The molecule has 1 aliphatic heterocycles. The smallest absolute Gasteiger partial charge is 0.339 e. The first kappa shape index (κ1) is 20.7. The summed E-state index contributed by atoms with van der Waals surface area (Å²) in [4.78, 5) is 17.8. The molecule has 1 aliphatic rings. The summed E-state index contributed by atoms with van der Waals surface area (Å²) in [6.45, 7) is 1.45. The summed E-state index contributed by atoms with van der Waals surface area (Å²) in [6.07, 6.45) is 5.45. The molecule has 2 aromatic rings. The fraction of sp³-hybridized carbons (Fsp3) is 0.333. The lowest BCUT2D eigenvalue weighted by Gasteiger charge is -2.23. The molecule has 0 saturated carbocycles. The van der Waals surface area contributed by atoms with Crippen molar-refractivity contribution in [2.24, 2.45) is 0 Å². The summed E-state index contributed by atoms with van der Waals surface area (Å²) in [6, 6.07) is 5.20. The van der Waals surface area contributed by atoms with Crippen molar-refractivity contribution in [2.75, 3.05) is 22.7 Å². The zero-order chi connectivity index (χ0) is 20.3. The number of hydrogen-bond donors (Lipinski definition) is 2. The van der Waals surface area contributed by atoms with Gasteiger partial charge in [0.05, 0.1) is 26.8 Å². The number of carboxylic acids is 1. The van der Waals surface area contributed by atoms with Crippen molar-refractivity contribution in [1.82, 2.24) is 4.98 Å². The van der Waals surface area contributed by atoms with Gasteiger partial charge in [0, 0.05) is 13.1 Å². The van der Waals surface area contributed by atoms with Crippen LogP contribution in [0.5, 0.6) is 0 Å². The standard InChI is InChI=1S/C18H19Cl2N3O4S/c19-15-6-5-13(10-16(15)20)28(26,27)22-12-9-14(18(24)25)17(21-11-12)23-7-3-1-2-4-8-23/h5-6,9-11,22H,1-4,7-8H2,(H,24,25). The molecule has 1 aromatic carbocycles. The van der Waals surface area contributed by atoms with Crippen LogP contribution in [0.4, 0.5) is 11.5 Å². The number of pyridine rings is 1. The van der Waals surface area contributed by atoms with Gasteiger partial charge in [0.1, 0.15) is 11.4 Å². The Bertz CT molecular complexity index is 990. The fourth-order valence-corrected chi connectivity index (χ4v) is 4.49. The van der Waals surface area contributed by atoms with Crippen LogP contribution in [-0.2, 0) is 10.0 Å². The van der Waals surface area contributed by atoms with Crippen LogP contribution in [0.3, 0.4) is 0 Å². The minimum absolute atomic E-state index is 0.0451. The number of anilines is 2. The van der Waals surface area contributed by atoms with Gasteiger partial charge in [-0.15, -0.1) is 0 Å². The molecule has 0 aliphatic carbocycles. The highest BCUT2D eigenvalue weighted by Crippen LogP contribution is 2.28. The number of hydrogen-bond acceptors (Lipinski definition) is 5. The number of aromatic nitrogens is 1. The quantitative estimate of drug-likeness (QED) is 0.715. The van der Waals surface area contributed by atoms with Crippen LogP contribution in [0.25, 0.3) is 0 Å². The number of sulfonamides is 1. The number of nitrogens with zero attached hydrogens (tertiary/aromatic N) is 2. The number of carbonyl (C=O) groups is 1. The monoisotopic (exact) mass is 443 g/mol. The summed E-state index contributed by atoms with van der Waals surface area (Å²) < 4.78 is 27.5. The molecular formula is C18H19Cl2N3O4S. The van der Waals surface area contributed by atoms with Crippen LogP contribution in [0, 0.1) is 0 Å². The van der Waals surface area contributed by atoms with Crippen LogP contribution in [0.1, 0.15) is 36.0 Å². The van der Waals surface area contributed by atoms with E-state index in [9.17, 15) is 18.3 Å². The summed E-state index contributed by atoms with van der Waals surface area (Å²) in [5.74, 6) is -0.811. The van der Waals surface area contributed by atoms with Crippen LogP contribution in [-0.4, -0.2) is 37.6 Å². The van der Waals surface area contributed by atoms with Crippen LogP contribution in [0.15, 0.2) is 35.4 Å². The Hall–Kier alpha value is -2.03. The van der Waals surface area contributed by atoms with Crippen molar-refractivity contribution < 1.29 is 18.3 Å². The largest absolute Gasteiger partial charge is 0.478 e. The topological polar surface area (TPSA) is 99.6 Å². The average molecular weight is 444 g/mol. The molecule has 0 spiro atoms. The molecule has 2 N–H and O–H groups in total. The molecule has 28 heavy (non-hydrogen) atoms. The Morgan fingerprint density at radius 3 is 2.36 bits per heavy atom. The Kier molecular flexibility index (Phi) is 6.32. The summed E-state index contributed by atoms with van der Waals surface area (Å²) >= 11 is 11.7. The fourth-order valence-electron chi connectivity index (χ4n) is 3.06. The second-order valence-electron chi connectivity index (χ2n) is 6.48. The molecular weight excluding hydrogens is 425 g/mol. The molecule has 0 radical (unpaired) electrons. The third kappa shape index (κ3) is 4.68. The molecule has 0 amide bonds. The maximum Gasteiger partial charge on any atom is 0.339 e. The third-order valence-electron chi connectivity index (χ3n) is 4.46. The minimum Gasteiger partial charge on any atom is -0.478 e.